The van der Waals surface area contributed by atoms with E-state index >= 15 is 0 Å². The number of hydrogen-bond acceptors (Lipinski definition) is 3. The fraction of sp³-hybridized carbons (Fsp3) is 0.600. The lowest BCUT2D eigenvalue weighted by Gasteiger charge is -2.22. The van der Waals surface area contributed by atoms with Crippen LogP contribution < -0.4 is 10.2 Å². The average Bonchev–Trinajstić information content (AvgIpc) is 3.10. The predicted octanol–water partition coefficient (Wildman–Crippen LogP) is 3.45. The molecule has 2 aliphatic rings. The van der Waals surface area contributed by atoms with E-state index in [-0.39, 0.29) is 0 Å². The second-order valence-electron chi connectivity index (χ2n) is 5.32. The van der Waals surface area contributed by atoms with Crippen molar-refractivity contribution in [1.29, 1.82) is 0 Å². The molecular weight excluding hydrogens is 240 g/mol. The summed E-state index contributed by atoms with van der Waals surface area (Å²) in [6.45, 7) is 3.58. The fourth-order valence-corrected chi connectivity index (χ4v) is 4.14. The number of anilines is 2. The number of para-hydroxylation sites is 2. The predicted molar refractivity (Wildman–Crippen MR) is 81.8 cm³/mol. The zero-order valence-electron chi connectivity index (χ0n) is 10.9. The van der Waals surface area contributed by atoms with Gasteiger partial charge in [0.25, 0.3) is 0 Å². The van der Waals surface area contributed by atoms with Crippen LogP contribution in [-0.4, -0.2) is 31.1 Å². The van der Waals surface area contributed by atoms with Crippen LogP contribution in [0.3, 0.4) is 0 Å². The summed E-state index contributed by atoms with van der Waals surface area (Å²) in [5, 5.41) is 3.68. The van der Waals surface area contributed by atoms with Gasteiger partial charge in [-0.15, -0.1) is 0 Å². The molecule has 0 spiro atoms. The second-order valence-corrected chi connectivity index (χ2v) is 6.47. The van der Waals surface area contributed by atoms with Crippen LogP contribution in [0.5, 0.6) is 0 Å². The largest absolute Gasteiger partial charge is 0.383 e. The maximum Gasteiger partial charge on any atom is 0.0602 e. The number of rotatable bonds is 4. The van der Waals surface area contributed by atoms with Gasteiger partial charge in [0, 0.05) is 19.6 Å². The van der Waals surface area contributed by atoms with E-state index in [9.17, 15) is 0 Å². The second kappa shape index (κ2) is 5.87. The Morgan fingerprint density at radius 1 is 1.22 bits per heavy atom. The lowest BCUT2D eigenvalue weighted by molar-refractivity contribution is 0.632. The van der Waals surface area contributed by atoms with E-state index in [0.29, 0.717) is 0 Å². The van der Waals surface area contributed by atoms with Crippen molar-refractivity contribution in [1.82, 2.24) is 0 Å². The minimum Gasteiger partial charge on any atom is -0.383 e. The van der Waals surface area contributed by atoms with Crippen molar-refractivity contribution >= 4 is 23.1 Å². The number of benzene rings is 1. The highest BCUT2D eigenvalue weighted by atomic mass is 32.2. The van der Waals surface area contributed by atoms with Gasteiger partial charge in [-0.1, -0.05) is 12.1 Å². The van der Waals surface area contributed by atoms with E-state index in [1.165, 1.54) is 55.2 Å². The van der Waals surface area contributed by atoms with E-state index in [2.05, 4.69) is 46.2 Å². The summed E-state index contributed by atoms with van der Waals surface area (Å²) in [5.41, 5.74) is 2.73. The first-order valence-corrected chi connectivity index (χ1v) is 8.24. The minimum atomic E-state index is 0.863. The topological polar surface area (TPSA) is 15.3 Å². The van der Waals surface area contributed by atoms with E-state index in [1.807, 2.05) is 0 Å². The normalized spacial score (nSPS) is 23.6. The van der Waals surface area contributed by atoms with Crippen LogP contribution in [-0.2, 0) is 0 Å². The van der Waals surface area contributed by atoms with Gasteiger partial charge >= 0.3 is 0 Å². The molecule has 2 saturated heterocycles. The van der Waals surface area contributed by atoms with Gasteiger partial charge in [0.15, 0.2) is 0 Å². The zero-order valence-corrected chi connectivity index (χ0v) is 11.7. The summed E-state index contributed by atoms with van der Waals surface area (Å²) in [7, 11) is 0. The maximum absolute atomic E-state index is 3.68. The summed E-state index contributed by atoms with van der Waals surface area (Å²) in [4.78, 5) is 2.52. The Hall–Kier alpha value is -0.830. The smallest absolute Gasteiger partial charge is 0.0602 e. The van der Waals surface area contributed by atoms with Gasteiger partial charge < -0.3 is 10.2 Å². The number of hydrogen-bond donors (Lipinski definition) is 1. The van der Waals surface area contributed by atoms with Gasteiger partial charge in [-0.05, 0) is 48.8 Å². The molecule has 0 aliphatic carbocycles. The van der Waals surface area contributed by atoms with E-state index in [1.54, 1.807) is 0 Å². The fourth-order valence-electron chi connectivity index (χ4n) is 2.86. The Balaban J connectivity index is 1.66. The third-order valence-electron chi connectivity index (χ3n) is 3.96. The molecule has 0 amide bonds. The molecule has 3 rings (SSSR count). The van der Waals surface area contributed by atoms with Crippen LogP contribution in [0.25, 0.3) is 0 Å². The van der Waals surface area contributed by atoms with Gasteiger partial charge in [-0.2, -0.15) is 11.8 Å². The Morgan fingerprint density at radius 2 is 2.06 bits per heavy atom. The summed E-state index contributed by atoms with van der Waals surface area (Å²) in [6, 6.07) is 8.79. The van der Waals surface area contributed by atoms with E-state index < -0.39 is 0 Å². The zero-order chi connectivity index (χ0) is 12.2. The highest BCUT2D eigenvalue weighted by Crippen LogP contribution is 2.30. The van der Waals surface area contributed by atoms with Crippen molar-refractivity contribution in [3.05, 3.63) is 24.3 Å². The van der Waals surface area contributed by atoms with Crippen molar-refractivity contribution in [2.24, 2.45) is 5.92 Å². The first-order valence-electron chi connectivity index (χ1n) is 7.09. The molecule has 2 heterocycles. The number of nitrogens with zero attached hydrogens (tertiary/aromatic N) is 1. The molecule has 1 aromatic carbocycles. The third kappa shape index (κ3) is 2.77. The summed E-state index contributed by atoms with van der Waals surface area (Å²) in [6.07, 6.45) is 4.06. The summed E-state index contributed by atoms with van der Waals surface area (Å²) >= 11 is 2.10. The molecular formula is C15H22N2S. The van der Waals surface area contributed by atoms with Crippen molar-refractivity contribution in [2.45, 2.75) is 19.3 Å². The molecule has 1 atom stereocenters. The van der Waals surface area contributed by atoms with Crippen molar-refractivity contribution in [3.63, 3.8) is 0 Å². The Morgan fingerprint density at radius 3 is 2.83 bits per heavy atom. The standard InChI is InChI=1S/C15H22N2S/c1-2-6-15(17-8-3-4-9-17)14(5-1)16-11-13-7-10-18-12-13/h1-2,5-6,13,16H,3-4,7-12H2. The van der Waals surface area contributed by atoms with Crippen LogP contribution in [0, 0.1) is 5.92 Å². The van der Waals surface area contributed by atoms with Crippen LogP contribution >= 0.6 is 11.8 Å². The molecule has 0 radical (unpaired) electrons. The lowest BCUT2D eigenvalue weighted by atomic mass is 10.1. The van der Waals surface area contributed by atoms with Crippen molar-refractivity contribution in [3.8, 4) is 0 Å². The molecule has 2 fully saturated rings. The molecule has 1 aromatic rings. The average molecular weight is 262 g/mol. The van der Waals surface area contributed by atoms with Gasteiger partial charge in [-0.25, -0.2) is 0 Å². The monoisotopic (exact) mass is 262 g/mol. The minimum absolute atomic E-state index is 0.863. The van der Waals surface area contributed by atoms with Crippen LogP contribution in [0.15, 0.2) is 24.3 Å². The highest BCUT2D eigenvalue weighted by molar-refractivity contribution is 7.99. The van der Waals surface area contributed by atoms with E-state index in [4.69, 9.17) is 0 Å². The quantitative estimate of drug-likeness (QED) is 0.894. The molecule has 2 nitrogen and oxygen atoms in total. The molecule has 98 valence electrons. The van der Waals surface area contributed by atoms with Crippen molar-refractivity contribution < 1.29 is 0 Å². The van der Waals surface area contributed by atoms with Crippen molar-refractivity contribution in [2.75, 3.05) is 41.4 Å². The van der Waals surface area contributed by atoms with Gasteiger partial charge in [0.05, 0.1) is 11.4 Å². The number of thioether (sulfide) groups is 1. The van der Waals surface area contributed by atoms with Crippen LogP contribution in [0.2, 0.25) is 0 Å². The van der Waals surface area contributed by atoms with Gasteiger partial charge in [0.2, 0.25) is 0 Å². The third-order valence-corrected chi connectivity index (χ3v) is 5.19. The molecule has 1 unspecified atom stereocenters. The molecule has 1 N–H and O–H groups in total. The Labute approximate surface area is 114 Å². The molecule has 0 saturated carbocycles. The van der Waals surface area contributed by atoms with Crippen LogP contribution in [0.1, 0.15) is 19.3 Å². The Bertz CT molecular complexity index is 382. The van der Waals surface area contributed by atoms with Crippen LogP contribution in [0.4, 0.5) is 11.4 Å². The first kappa shape index (κ1) is 12.2. The summed E-state index contributed by atoms with van der Waals surface area (Å²) < 4.78 is 0. The van der Waals surface area contributed by atoms with Gasteiger partial charge in [0.1, 0.15) is 0 Å². The Kier molecular flexibility index (Phi) is 3.99. The highest BCUT2D eigenvalue weighted by Gasteiger charge is 2.18. The molecule has 3 heteroatoms. The number of nitrogens with one attached hydrogen (secondary N) is 1. The lowest BCUT2D eigenvalue weighted by Crippen LogP contribution is -2.21. The maximum atomic E-state index is 3.68. The molecule has 0 aromatic heterocycles. The molecule has 0 bridgehead atoms. The van der Waals surface area contributed by atoms with Gasteiger partial charge in [-0.3, -0.25) is 0 Å². The SMILES string of the molecule is c1ccc(N2CCCC2)c(NCC2CCSC2)c1. The summed E-state index contributed by atoms with van der Waals surface area (Å²) in [5.74, 6) is 3.54. The molecule has 18 heavy (non-hydrogen) atoms. The van der Waals surface area contributed by atoms with E-state index in [0.717, 1.165) is 12.5 Å². The molecule has 2 aliphatic heterocycles. The first-order chi connectivity index (χ1) is 8.93.